The summed E-state index contributed by atoms with van der Waals surface area (Å²) in [5.74, 6) is 1.50. The predicted molar refractivity (Wildman–Crippen MR) is 66.5 cm³/mol. The highest BCUT2D eigenvalue weighted by Crippen LogP contribution is 2.21. The van der Waals surface area contributed by atoms with Gasteiger partial charge in [-0.1, -0.05) is 13.8 Å². The summed E-state index contributed by atoms with van der Waals surface area (Å²) in [4.78, 5) is 0. The lowest BCUT2D eigenvalue weighted by Gasteiger charge is -2.10. The van der Waals surface area contributed by atoms with Crippen molar-refractivity contribution >= 4 is 5.69 Å². The average Bonchev–Trinajstić information content (AvgIpc) is 2.24. The third-order valence-corrected chi connectivity index (χ3v) is 2.40. The van der Waals surface area contributed by atoms with Crippen molar-refractivity contribution in [2.45, 2.75) is 26.9 Å². The lowest BCUT2D eigenvalue weighted by molar-refractivity contribution is 0.109. The van der Waals surface area contributed by atoms with E-state index in [1.165, 1.54) is 0 Å². The number of nitrogen functional groups attached to an aromatic ring is 1. The van der Waals surface area contributed by atoms with Gasteiger partial charge in [-0.15, -0.1) is 0 Å². The first kappa shape index (κ1) is 12.8. The van der Waals surface area contributed by atoms with Crippen molar-refractivity contribution in [1.82, 2.24) is 0 Å². The molecule has 0 unspecified atom stereocenters. The molecule has 3 heteroatoms. The summed E-state index contributed by atoms with van der Waals surface area (Å²) in [6.45, 7) is 5.70. The second kappa shape index (κ2) is 6.38. The zero-order valence-corrected chi connectivity index (χ0v) is 10.3. The molecule has 16 heavy (non-hydrogen) atoms. The topological polar surface area (TPSA) is 44.5 Å². The molecule has 1 rings (SSSR count). The van der Waals surface area contributed by atoms with E-state index in [9.17, 15) is 0 Å². The number of ether oxygens (including phenoxy) is 2. The van der Waals surface area contributed by atoms with Gasteiger partial charge in [0.1, 0.15) is 5.75 Å². The van der Waals surface area contributed by atoms with E-state index in [0.29, 0.717) is 12.5 Å². The van der Waals surface area contributed by atoms with Crippen LogP contribution in [0.4, 0.5) is 5.69 Å². The summed E-state index contributed by atoms with van der Waals surface area (Å²) in [6, 6.07) is 5.60. The molecule has 3 nitrogen and oxygen atoms in total. The standard InChI is InChI=1S/C13H21NO2/c1-10(2)6-7-16-9-11-8-12(14)4-5-13(11)15-3/h4-5,8,10H,6-7,9,14H2,1-3H3. The largest absolute Gasteiger partial charge is 0.496 e. The van der Waals surface area contributed by atoms with Gasteiger partial charge < -0.3 is 15.2 Å². The highest BCUT2D eigenvalue weighted by Gasteiger charge is 2.03. The summed E-state index contributed by atoms with van der Waals surface area (Å²) < 4.78 is 10.8. The van der Waals surface area contributed by atoms with Gasteiger partial charge in [0, 0.05) is 17.9 Å². The SMILES string of the molecule is COc1ccc(N)cc1COCCC(C)C. The number of methoxy groups -OCH3 is 1. The van der Waals surface area contributed by atoms with Gasteiger partial charge in [0.15, 0.2) is 0 Å². The highest BCUT2D eigenvalue weighted by molar-refractivity contribution is 5.47. The fourth-order valence-electron chi connectivity index (χ4n) is 1.41. The summed E-state index contributed by atoms with van der Waals surface area (Å²) >= 11 is 0. The molecule has 0 spiro atoms. The summed E-state index contributed by atoms with van der Waals surface area (Å²) in [5, 5.41) is 0. The number of hydrogen-bond acceptors (Lipinski definition) is 3. The summed E-state index contributed by atoms with van der Waals surface area (Å²) in [6.07, 6.45) is 1.07. The maximum absolute atomic E-state index is 5.72. The first-order chi connectivity index (χ1) is 7.63. The van der Waals surface area contributed by atoms with E-state index in [0.717, 1.165) is 30.0 Å². The molecule has 0 aromatic heterocycles. The Morgan fingerprint density at radius 3 is 2.69 bits per heavy atom. The zero-order valence-electron chi connectivity index (χ0n) is 10.3. The van der Waals surface area contributed by atoms with Gasteiger partial charge in [-0.3, -0.25) is 0 Å². The first-order valence-electron chi connectivity index (χ1n) is 5.63. The predicted octanol–water partition coefficient (Wildman–Crippen LogP) is 2.84. The van der Waals surface area contributed by atoms with Crippen LogP contribution in [0.2, 0.25) is 0 Å². The highest BCUT2D eigenvalue weighted by atomic mass is 16.5. The minimum absolute atomic E-state index is 0.556. The van der Waals surface area contributed by atoms with Crippen molar-refractivity contribution in [3.05, 3.63) is 23.8 Å². The van der Waals surface area contributed by atoms with Gasteiger partial charge in [0.25, 0.3) is 0 Å². The Bertz CT molecular complexity index is 324. The average molecular weight is 223 g/mol. The molecule has 1 aromatic rings. The molecule has 90 valence electrons. The third-order valence-electron chi connectivity index (χ3n) is 2.40. The Labute approximate surface area is 97.6 Å². The van der Waals surface area contributed by atoms with Gasteiger partial charge in [-0.05, 0) is 30.5 Å². The van der Waals surface area contributed by atoms with Gasteiger partial charge in [-0.2, -0.15) is 0 Å². The number of nitrogens with two attached hydrogens (primary N) is 1. The molecule has 0 aliphatic carbocycles. The quantitative estimate of drug-likeness (QED) is 0.595. The Balaban J connectivity index is 2.48. The van der Waals surface area contributed by atoms with Crippen molar-refractivity contribution in [2.24, 2.45) is 5.92 Å². The molecule has 1 aromatic carbocycles. The minimum atomic E-state index is 0.556. The summed E-state index contributed by atoms with van der Waals surface area (Å²) in [7, 11) is 1.66. The van der Waals surface area contributed by atoms with Crippen LogP contribution in [0.25, 0.3) is 0 Å². The normalized spacial score (nSPS) is 10.8. The maximum Gasteiger partial charge on any atom is 0.124 e. The van der Waals surface area contributed by atoms with E-state index in [4.69, 9.17) is 15.2 Å². The zero-order chi connectivity index (χ0) is 12.0. The van der Waals surface area contributed by atoms with Crippen LogP contribution in [-0.2, 0) is 11.3 Å². The van der Waals surface area contributed by atoms with Crippen molar-refractivity contribution in [3.8, 4) is 5.75 Å². The third kappa shape index (κ3) is 4.11. The molecule has 2 N–H and O–H groups in total. The van der Waals surface area contributed by atoms with E-state index < -0.39 is 0 Å². The smallest absolute Gasteiger partial charge is 0.124 e. The van der Waals surface area contributed by atoms with Crippen LogP contribution >= 0.6 is 0 Å². The van der Waals surface area contributed by atoms with Crippen molar-refractivity contribution < 1.29 is 9.47 Å². The van der Waals surface area contributed by atoms with Gasteiger partial charge in [0.2, 0.25) is 0 Å². The molecule has 0 heterocycles. The van der Waals surface area contributed by atoms with Crippen LogP contribution in [0.5, 0.6) is 5.75 Å². The van der Waals surface area contributed by atoms with E-state index in [1.54, 1.807) is 7.11 Å². The molecule has 0 amide bonds. The number of anilines is 1. The van der Waals surface area contributed by atoms with Gasteiger partial charge in [0.05, 0.1) is 13.7 Å². The Morgan fingerprint density at radius 1 is 1.31 bits per heavy atom. The van der Waals surface area contributed by atoms with Crippen LogP contribution in [0.3, 0.4) is 0 Å². The van der Waals surface area contributed by atoms with Crippen molar-refractivity contribution in [1.29, 1.82) is 0 Å². The molecule has 0 saturated heterocycles. The van der Waals surface area contributed by atoms with Crippen LogP contribution < -0.4 is 10.5 Å². The molecular weight excluding hydrogens is 202 g/mol. The lowest BCUT2D eigenvalue weighted by Crippen LogP contribution is -2.01. The van der Waals surface area contributed by atoms with E-state index in [2.05, 4.69) is 13.8 Å². The molecule has 0 fully saturated rings. The monoisotopic (exact) mass is 223 g/mol. The Hall–Kier alpha value is -1.22. The maximum atomic E-state index is 5.72. The Morgan fingerprint density at radius 2 is 2.06 bits per heavy atom. The number of rotatable bonds is 6. The fraction of sp³-hybridized carbons (Fsp3) is 0.538. The number of hydrogen-bond donors (Lipinski definition) is 1. The van der Waals surface area contributed by atoms with E-state index in [1.807, 2.05) is 18.2 Å². The molecule has 0 aliphatic heterocycles. The minimum Gasteiger partial charge on any atom is -0.496 e. The van der Waals surface area contributed by atoms with E-state index >= 15 is 0 Å². The summed E-state index contributed by atoms with van der Waals surface area (Å²) in [5.41, 5.74) is 7.47. The number of benzene rings is 1. The van der Waals surface area contributed by atoms with Crippen LogP contribution in [0.15, 0.2) is 18.2 Å². The molecule has 0 atom stereocenters. The molecule has 0 aliphatic rings. The fourth-order valence-corrected chi connectivity index (χ4v) is 1.41. The second-order valence-electron chi connectivity index (χ2n) is 4.31. The molecular formula is C13H21NO2. The lowest BCUT2D eigenvalue weighted by atomic mass is 10.1. The first-order valence-corrected chi connectivity index (χ1v) is 5.63. The Kier molecular flexibility index (Phi) is 5.12. The van der Waals surface area contributed by atoms with Crippen LogP contribution in [0.1, 0.15) is 25.8 Å². The van der Waals surface area contributed by atoms with Gasteiger partial charge >= 0.3 is 0 Å². The second-order valence-corrected chi connectivity index (χ2v) is 4.31. The van der Waals surface area contributed by atoms with E-state index in [-0.39, 0.29) is 0 Å². The molecule has 0 saturated carbocycles. The van der Waals surface area contributed by atoms with Crippen molar-refractivity contribution in [2.75, 3.05) is 19.5 Å². The molecule has 0 radical (unpaired) electrons. The van der Waals surface area contributed by atoms with Crippen LogP contribution in [0, 0.1) is 5.92 Å². The van der Waals surface area contributed by atoms with Crippen LogP contribution in [-0.4, -0.2) is 13.7 Å². The molecule has 0 bridgehead atoms. The van der Waals surface area contributed by atoms with Gasteiger partial charge in [-0.25, -0.2) is 0 Å². The van der Waals surface area contributed by atoms with Crippen molar-refractivity contribution in [3.63, 3.8) is 0 Å².